The molecular weight excluding hydrogens is 240 g/mol. The highest BCUT2D eigenvalue weighted by Gasteiger charge is 2.13. The number of nitrogens with zero attached hydrogens (tertiary/aromatic N) is 2. The van der Waals surface area contributed by atoms with Crippen molar-refractivity contribution >= 4 is 22.0 Å². The third-order valence-electron chi connectivity index (χ3n) is 1.47. The van der Waals surface area contributed by atoms with Gasteiger partial charge in [0.15, 0.2) is 10.6 Å². The first-order valence-corrected chi connectivity index (χ1v) is 4.36. The van der Waals surface area contributed by atoms with E-state index in [0.717, 1.165) is 4.90 Å². The highest BCUT2D eigenvalue weighted by molar-refractivity contribution is 9.10. The second kappa shape index (κ2) is 3.78. The maximum absolute atomic E-state index is 10.5. The fourth-order valence-electron chi connectivity index (χ4n) is 0.835. The maximum Gasteiger partial charge on any atom is 0.407 e. The van der Waals surface area contributed by atoms with Crippen molar-refractivity contribution in [3.63, 3.8) is 0 Å². The highest BCUT2D eigenvalue weighted by Crippen LogP contribution is 2.18. The van der Waals surface area contributed by atoms with E-state index in [0.29, 0.717) is 16.3 Å². The highest BCUT2D eigenvalue weighted by atomic mass is 79.9. The molecule has 0 fully saturated rings. The predicted octanol–water partition coefficient (Wildman–Crippen LogP) is 1.86. The van der Waals surface area contributed by atoms with Crippen LogP contribution in [0.4, 0.5) is 4.79 Å². The molecular formula is C7H9BrN2O3. The zero-order chi connectivity index (χ0) is 10.0. The van der Waals surface area contributed by atoms with E-state index < -0.39 is 6.09 Å². The van der Waals surface area contributed by atoms with Gasteiger partial charge in [0.2, 0.25) is 0 Å². The van der Waals surface area contributed by atoms with Gasteiger partial charge in [0.1, 0.15) is 5.69 Å². The normalized spacial score (nSPS) is 10.1. The van der Waals surface area contributed by atoms with E-state index in [9.17, 15) is 4.79 Å². The standard InChI is InChI=1S/C7H9BrN2O3/c1-4-9-5(6(8)13-4)3-10(2)7(11)12/h3H2,1-2H3,(H,11,12). The minimum atomic E-state index is -0.993. The first kappa shape index (κ1) is 10.0. The Balaban J connectivity index is 2.74. The zero-order valence-corrected chi connectivity index (χ0v) is 8.83. The molecule has 0 aliphatic carbocycles. The Kier molecular flexibility index (Phi) is 2.92. The molecule has 0 radical (unpaired) electrons. The summed E-state index contributed by atoms with van der Waals surface area (Å²) in [4.78, 5) is 15.6. The summed E-state index contributed by atoms with van der Waals surface area (Å²) in [5.74, 6) is 0.515. The molecule has 0 bridgehead atoms. The van der Waals surface area contributed by atoms with E-state index in [-0.39, 0.29) is 6.54 Å². The SMILES string of the molecule is Cc1nc(CN(C)C(=O)O)c(Br)o1. The molecule has 1 aromatic rings. The van der Waals surface area contributed by atoms with Crippen LogP contribution >= 0.6 is 15.9 Å². The van der Waals surface area contributed by atoms with Crippen LogP contribution in [0.5, 0.6) is 0 Å². The summed E-state index contributed by atoms with van der Waals surface area (Å²) >= 11 is 3.15. The Bertz CT molecular complexity index is 324. The van der Waals surface area contributed by atoms with E-state index in [1.165, 1.54) is 7.05 Å². The molecule has 13 heavy (non-hydrogen) atoms. The van der Waals surface area contributed by atoms with Crippen LogP contribution < -0.4 is 0 Å². The lowest BCUT2D eigenvalue weighted by Crippen LogP contribution is -2.24. The van der Waals surface area contributed by atoms with Crippen LogP contribution in [0.25, 0.3) is 0 Å². The number of carboxylic acid groups (broad SMARTS) is 1. The average Bonchev–Trinajstić information content (AvgIpc) is 2.30. The van der Waals surface area contributed by atoms with E-state index in [2.05, 4.69) is 20.9 Å². The maximum atomic E-state index is 10.5. The van der Waals surface area contributed by atoms with Crippen LogP contribution in [0.3, 0.4) is 0 Å². The molecule has 0 saturated heterocycles. The summed E-state index contributed by atoms with van der Waals surface area (Å²) in [5.41, 5.74) is 0.586. The topological polar surface area (TPSA) is 66.6 Å². The van der Waals surface area contributed by atoms with Crippen molar-refractivity contribution in [3.8, 4) is 0 Å². The van der Waals surface area contributed by atoms with Crippen LogP contribution in [0, 0.1) is 6.92 Å². The monoisotopic (exact) mass is 248 g/mol. The minimum absolute atomic E-state index is 0.216. The Hall–Kier alpha value is -1.04. The Labute approximate surface area is 83.5 Å². The number of rotatable bonds is 2. The van der Waals surface area contributed by atoms with Crippen LogP contribution in [-0.4, -0.2) is 28.1 Å². The van der Waals surface area contributed by atoms with Crippen molar-refractivity contribution in [2.75, 3.05) is 7.05 Å². The fraction of sp³-hybridized carbons (Fsp3) is 0.429. The molecule has 1 N–H and O–H groups in total. The number of aromatic nitrogens is 1. The molecule has 1 amide bonds. The summed E-state index contributed by atoms with van der Waals surface area (Å²) in [6.45, 7) is 1.92. The molecule has 1 rings (SSSR count). The number of carbonyl (C=O) groups is 1. The van der Waals surface area contributed by atoms with Gasteiger partial charge in [0.05, 0.1) is 6.54 Å². The third-order valence-corrected chi connectivity index (χ3v) is 2.09. The second-order valence-electron chi connectivity index (χ2n) is 2.59. The molecule has 6 heteroatoms. The predicted molar refractivity (Wildman–Crippen MR) is 48.4 cm³/mol. The van der Waals surface area contributed by atoms with Crippen molar-refractivity contribution in [3.05, 3.63) is 16.3 Å². The first-order valence-electron chi connectivity index (χ1n) is 3.56. The summed E-state index contributed by atoms with van der Waals surface area (Å²) < 4.78 is 5.57. The molecule has 0 saturated carbocycles. The van der Waals surface area contributed by atoms with Crippen molar-refractivity contribution in [1.82, 2.24) is 9.88 Å². The number of aryl methyl sites for hydroxylation is 1. The van der Waals surface area contributed by atoms with Gasteiger partial charge in [-0.3, -0.25) is 0 Å². The lowest BCUT2D eigenvalue weighted by molar-refractivity contribution is 0.153. The van der Waals surface area contributed by atoms with Gasteiger partial charge >= 0.3 is 6.09 Å². The van der Waals surface area contributed by atoms with Gasteiger partial charge in [-0.2, -0.15) is 0 Å². The lowest BCUT2D eigenvalue weighted by Gasteiger charge is -2.09. The first-order chi connectivity index (χ1) is 6.00. The molecule has 5 nitrogen and oxygen atoms in total. The molecule has 1 aromatic heterocycles. The van der Waals surface area contributed by atoms with Gasteiger partial charge in [-0.05, 0) is 15.9 Å². The quantitative estimate of drug-likeness (QED) is 0.868. The van der Waals surface area contributed by atoms with Crippen LogP contribution in [0.1, 0.15) is 11.6 Å². The smallest absolute Gasteiger partial charge is 0.407 e. The molecule has 0 aromatic carbocycles. The largest absolute Gasteiger partial charge is 0.465 e. The molecule has 0 aliphatic heterocycles. The Morgan fingerprint density at radius 1 is 1.77 bits per heavy atom. The summed E-state index contributed by atoms with van der Waals surface area (Å²) in [6, 6.07) is 0. The number of hydrogen-bond donors (Lipinski definition) is 1. The summed E-state index contributed by atoms with van der Waals surface area (Å²) in [5, 5.41) is 8.59. The summed E-state index contributed by atoms with van der Waals surface area (Å²) in [6.07, 6.45) is -0.993. The van der Waals surface area contributed by atoms with Gasteiger partial charge in [-0.15, -0.1) is 0 Å². The Morgan fingerprint density at radius 3 is 2.77 bits per heavy atom. The minimum Gasteiger partial charge on any atom is -0.465 e. The van der Waals surface area contributed by atoms with Gasteiger partial charge < -0.3 is 14.4 Å². The van der Waals surface area contributed by atoms with E-state index in [1.807, 2.05) is 0 Å². The van der Waals surface area contributed by atoms with Crippen molar-refractivity contribution in [2.24, 2.45) is 0 Å². The molecule has 0 spiro atoms. The van der Waals surface area contributed by atoms with Crippen LogP contribution in [-0.2, 0) is 6.54 Å². The average molecular weight is 249 g/mol. The van der Waals surface area contributed by atoms with Crippen molar-refractivity contribution in [2.45, 2.75) is 13.5 Å². The Morgan fingerprint density at radius 2 is 2.38 bits per heavy atom. The van der Waals surface area contributed by atoms with Gasteiger partial charge in [0.25, 0.3) is 0 Å². The van der Waals surface area contributed by atoms with Crippen molar-refractivity contribution in [1.29, 1.82) is 0 Å². The third kappa shape index (κ3) is 2.45. The summed E-state index contributed by atoms with van der Waals surface area (Å²) in [7, 11) is 1.47. The van der Waals surface area contributed by atoms with Gasteiger partial charge in [-0.25, -0.2) is 9.78 Å². The van der Waals surface area contributed by atoms with E-state index >= 15 is 0 Å². The van der Waals surface area contributed by atoms with Gasteiger partial charge in [0, 0.05) is 14.0 Å². The molecule has 0 aliphatic rings. The number of oxazole rings is 1. The molecule has 0 atom stereocenters. The van der Waals surface area contributed by atoms with Crippen LogP contribution in [0.15, 0.2) is 9.09 Å². The molecule has 1 heterocycles. The van der Waals surface area contributed by atoms with Crippen LogP contribution in [0.2, 0.25) is 0 Å². The van der Waals surface area contributed by atoms with Crippen molar-refractivity contribution < 1.29 is 14.3 Å². The molecule has 0 unspecified atom stereocenters. The number of halogens is 1. The van der Waals surface area contributed by atoms with E-state index in [4.69, 9.17) is 9.52 Å². The fourth-order valence-corrected chi connectivity index (χ4v) is 1.28. The number of amides is 1. The number of hydrogen-bond acceptors (Lipinski definition) is 3. The lowest BCUT2D eigenvalue weighted by atomic mass is 10.4. The molecule has 72 valence electrons. The van der Waals surface area contributed by atoms with Gasteiger partial charge in [-0.1, -0.05) is 0 Å². The zero-order valence-electron chi connectivity index (χ0n) is 7.24. The van der Waals surface area contributed by atoms with E-state index in [1.54, 1.807) is 6.92 Å². The second-order valence-corrected chi connectivity index (χ2v) is 3.31.